The van der Waals surface area contributed by atoms with Crippen LogP contribution in [0.1, 0.15) is 12.8 Å². The minimum atomic E-state index is -0.700. The third-order valence-electron chi connectivity index (χ3n) is 2.34. The molecule has 0 bridgehead atoms. The molecule has 1 fully saturated rings. The Labute approximate surface area is 72.6 Å². The van der Waals surface area contributed by atoms with Crippen molar-refractivity contribution in [3.63, 3.8) is 0 Å². The topological polar surface area (TPSA) is 52.6 Å². The summed E-state index contributed by atoms with van der Waals surface area (Å²) in [6.07, 6.45) is 1.02. The molecule has 1 rings (SSSR count). The number of nitrogens with zero attached hydrogens (tertiary/aromatic N) is 1. The fourth-order valence-electron chi connectivity index (χ4n) is 1.48. The van der Waals surface area contributed by atoms with E-state index in [1.165, 1.54) is 0 Å². The van der Waals surface area contributed by atoms with Crippen LogP contribution >= 0.6 is 0 Å². The van der Waals surface area contributed by atoms with Crippen LogP contribution in [0.5, 0.6) is 0 Å². The number of carbonyl (C=O) groups is 1. The Hall–Kier alpha value is -0.610. The van der Waals surface area contributed by atoms with Crippen LogP contribution in [0.15, 0.2) is 0 Å². The van der Waals surface area contributed by atoms with Gasteiger partial charge < -0.3 is 15.3 Å². The minimum Gasteiger partial charge on any atom is -0.481 e. The highest BCUT2D eigenvalue weighted by molar-refractivity contribution is 5.66. The molecule has 12 heavy (non-hydrogen) atoms. The van der Waals surface area contributed by atoms with E-state index in [9.17, 15) is 4.79 Å². The number of aliphatic carboxylic acids is 1. The van der Waals surface area contributed by atoms with Gasteiger partial charge in [0.1, 0.15) is 0 Å². The van der Waals surface area contributed by atoms with Crippen LogP contribution in [-0.4, -0.2) is 48.7 Å². The summed E-state index contributed by atoms with van der Waals surface area (Å²) < 4.78 is 0. The quantitative estimate of drug-likeness (QED) is 0.616. The van der Waals surface area contributed by atoms with Gasteiger partial charge in [0, 0.05) is 32.1 Å². The second-order valence-corrected chi connectivity index (χ2v) is 3.27. The summed E-state index contributed by atoms with van der Waals surface area (Å²) in [7, 11) is 2.05. The first kappa shape index (κ1) is 9.48. The van der Waals surface area contributed by atoms with Crippen LogP contribution in [0.3, 0.4) is 0 Å². The third-order valence-corrected chi connectivity index (χ3v) is 2.34. The van der Waals surface area contributed by atoms with Gasteiger partial charge >= 0.3 is 5.97 Å². The molecule has 1 saturated heterocycles. The zero-order chi connectivity index (χ0) is 8.97. The fourth-order valence-corrected chi connectivity index (χ4v) is 1.48. The van der Waals surface area contributed by atoms with Gasteiger partial charge in [-0.2, -0.15) is 0 Å². The average Bonchev–Trinajstić information content (AvgIpc) is 2.03. The van der Waals surface area contributed by atoms with E-state index < -0.39 is 5.97 Å². The first-order chi connectivity index (χ1) is 5.70. The van der Waals surface area contributed by atoms with E-state index >= 15 is 0 Å². The molecule has 0 saturated carbocycles. The molecule has 1 aliphatic rings. The maximum Gasteiger partial charge on any atom is 0.303 e. The van der Waals surface area contributed by atoms with Crippen LogP contribution in [0.25, 0.3) is 0 Å². The van der Waals surface area contributed by atoms with Crippen LogP contribution in [0, 0.1) is 0 Å². The van der Waals surface area contributed by atoms with E-state index in [1.807, 2.05) is 7.05 Å². The molecule has 2 N–H and O–H groups in total. The molecule has 0 radical (unpaired) electrons. The fraction of sp³-hybridized carbons (Fsp3) is 0.875. The Morgan fingerprint density at radius 1 is 1.75 bits per heavy atom. The molecule has 0 aliphatic carbocycles. The van der Waals surface area contributed by atoms with Gasteiger partial charge in [-0.1, -0.05) is 0 Å². The highest BCUT2D eigenvalue weighted by atomic mass is 16.4. The van der Waals surface area contributed by atoms with E-state index in [2.05, 4.69) is 10.2 Å². The summed E-state index contributed by atoms with van der Waals surface area (Å²) in [5.74, 6) is -0.700. The van der Waals surface area contributed by atoms with Gasteiger partial charge in [0.05, 0.1) is 0 Å². The molecule has 4 heteroatoms. The monoisotopic (exact) mass is 172 g/mol. The largest absolute Gasteiger partial charge is 0.481 e. The number of hydrogen-bond donors (Lipinski definition) is 2. The first-order valence-corrected chi connectivity index (χ1v) is 4.33. The minimum absolute atomic E-state index is 0.274. The number of carboxylic acid groups (broad SMARTS) is 1. The van der Waals surface area contributed by atoms with E-state index in [1.54, 1.807) is 0 Å². The van der Waals surface area contributed by atoms with Gasteiger partial charge in [0.2, 0.25) is 0 Å². The SMILES string of the molecule is CN1CCNCC1CCC(=O)O. The molecule has 4 nitrogen and oxygen atoms in total. The second kappa shape index (κ2) is 4.42. The van der Waals surface area contributed by atoms with Crippen LogP contribution in [0.2, 0.25) is 0 Å². The van der Waals surface area contributed by atoms with E-state index in [4.69, 9.17) is 5.11 Å². The first-order valence-electron chi connectivity index (χ1n) is 4.33. The summed E-state index contributed by atoms with van der Waals surface area (Å²) in [6.45, 7) is 2.95. The van der Waals surface area contributed by atoms with Crippen LogP contribution in [-0.2, 0) is 4.79 Å². The number of piperazine rings is 1. The molecule has 1 unspecified atom stereocenters. The van der Waals surface area contributed by atoms with E-state index in [0.717, 1.165) is 26.1 Å². The lowest BCUT2D eigenvalue weighted by Gasteiger charge is -2.32. The number of nitrogens with one attached hydrogen (secondary N) is 1. The van der Waals surface area contributed by atoms with E-state index in [0.29, 0.717) is 6.04 Å². The Morgan fingerprint density at radius 2 is 2.50 bits per heavy atom. The maximum atomic E-state index is 10.3. The zero-order valence-corrected chi connectivity index (χ0v) is 7.42. The molecule has 0 aromatic carbocycles. The van der Waals surface area contributed by atoms with Crippen molar-refractivity contribution in [3.05, 3.63) is 0 Å². The Morgan fingerprint density at radius 3 is 3.08 bits per heavy atom. The summed E-state index contributed by atoms with van der Waals surface area (Å²) in [5.41, 5.74) is 0. The molecular weight excluding hydrogens is 156 g/mol. The second-order valence-electron chi connectivity index (χ2n) is 3.27. The summed E-state index contributed by atoms with van der Waals surface area (Å²) >= 11 is 0. The molecule has 0 aromatic rings. The number of likely N-dealkylation sites (N-methyl/N-ethyl adjacent to an activating group) is 1. The van der Waals surface area contributed by atoms with Crippen molar-refractivity contribution < 1.29 is 9.90 Å². The highest BCUT2D eigenvalue weighted by Crippen LogP contribution is 2.06. The summed E-state index contributed by atoms with van der Waals surface area (Å²) in [4.78, 5) is 12.5. The molecule has 0 aromatic heterocycles. The summed E-state index contributed by atoms with van der Waals surface area (Å²) in [6, 6.07) is 0.398. The molecule has 1 heterocycles. The van der Waals surface area contributed by atoms with Crippen molar-refractivity contribution in [1.29, 1.82) is 0 Å². The Kier molecular flexibility index (Phi) is 3.49. The molecular formula is C8H16N2O2. The summed E-state index contributed by atoms with van der Waals surface area (Å²) in [5, 5.41) is 11.7. The Bertz CT molecular complexity index is 161. The number of hydrogen-bond acceptors (Lipinski definition) is 3. The van der Waals surface area contributed by atoms with Crippen LogP contribution < -0.4 is 5.32 Å². The smallest absolute Gasteiger partial charge is 0.303 e. The van der Waals surface area contributed by atoms with Crippen molar-refractivity contribution >= 4 is 5.97 Å². The molecule has 1 atom stereocenters. The van der Waals surface area contributed by atoms with Gasteiger partial charge in [-0.3, -0.25) is 4.79 Å². The van der Waals surface area contributed by atoms with Gasteiger partial charge in [0.15, 0.2) is 0 Å². The average molecular weight is 172 g/mol. The lowest BCUT2D eigenvalue weighted by atomic mass is 10.1. The molecule has 0 amide bonds. The van der Waals surface area contributed by atoms with Crippen molar-refractivity contribution in [3.8, 4) is 0 Å². The van der Waals surface area contributed by atoms with Crippen molar-refractivity contribution in [2.24, 2.45) is 0 Å². The molecule has 0 spiro atoms. The van der Waals surface area contributed by atoms with Crippen molar-refractivity contribution in [1.82, 2.24) is 10.2 Å². The maximum absolute atomic E-state index is 10.3. The number of rotatable bonds is 3. The lowest BCUT2D eigenvalue weighted by molar-refractivity contribution is -0.137. The predicted octanol–water partition coefficient (Wildman–Crippen LogP) is -0.245. The van der Waals surface area contributed by atoms with Gasteiger partial charge in [-0.25, -0.2) is 0 Å². The normalized spacial score (nSPS) is 25.6. The molecule has 1 aliphatic heterocycles. The third kappa shape index (κ3) is 2.79. The van der Waals surface area contributed by atoms with Crippen molar-refractivity contribution in [2.75, 3.05) is 26.7 Å². The number of carboxylic acids is 1. The standard InChI is InChI=1S/C8H16N2O2/c1-10-5-4-9-6-7(10)2-3-8(11)12/h7,9H,2-6H2,1H3,(H,11,12). The van der Waals surface area contributed by atoms with Gasteiger partial charge in [0.25, 0.3) is 0 Å². The lowest BCUT2D eigenvalue weighted by Crippen LogP contribution is -2.49. The molecule has 70 valence electrons. The highest BCUT2D eigenvalue weighted by Gasteiger charge is 2.18. The van der Waals surface area contributed by atoms with Gasteiger partial charge in [-0.15, -0.1) is 0 Å². The predicted molar refractivity (Wildman–Crippen MR) is 46.2 cm³/mol. The van der Waals surface area contributed by atoms with E-state index in [-0.39, 0.29) is 6.42 Å². The Balaban J connectivity index is 2.24. The van der Waals surface area contributed by atoms with Crippen molar-refractivity contribution in [2.45, 2.75) is 18.9 Å². The van der Waals surface area contributed by atoms with Gasteiger partial charge in [-0.05, 0) is 13.5 Å². The van der Waals surface area contributed by atoms with Crippen LogP contribution in [0.4, 0.5) is 0 Å². The zero-order valence-electron chi connectivity index (χ0n) is 7.42.